The van der Waals surface area contributed by atoms with Crippen LogP contribution in [0.2, 0.25) is 0 Å². The van der Waals surface area contributed by atoms with Crippen LogP contribution in [0.5, 0.6) is 11.5 Å². The molecule has 1 N–H and O–H groups in total. The molecule has 0 atom stereocenters. The molecule has 0 unspecified atom stereocenters. The number of aromatic hydroxyl groups is 1. The molecular formula is C23H25N3O2. The van der Waals surface area contributed by atoms with Crippen LogP contribution in [0.15, 0.2) is 48.9 Å². The van der Waals surface area contributed by atoms with E-state index in [1.165, 1.54) is 5.56 Å². The van der Waals surface area contributed by atoms with Crippen molar-refractivity contribution in [2.45, 2.75) is 33.2 Å². The van der Waals surface area contributed by atoms with Gasteiger partial charge in [0.25, 0.3) is 0 Å². The van der Waals surface area contributed by atoms with E-state index in [2.05, 4.69) is 53.8 Å². The van der Waals surface area contributed by atoms with Gasteiger partial charge in [-0.1, -0.05) is 38.1 Å². The third kappa shape index (κ3) is 3.40. The van der Waals surface area contributed by atoms with Gasteiger partial charge in [-0.05, 0) is 41.7 Å². The molecule has 0 radical (unpaired) electrons. The number of hydrogen-bond donors (Lipinski definition) is 1. The minimum Gasteiger partial charge on any atom is -0.504 e. The first-order valence-electron chi connectivity index (χ1n) is 9.64. The van der Waals surface area contributed by atoms with Crippen molar-refractivity contribution in [1.82, 2.24) is 9.97 Å². The molecule has 28 heavy (non-hydrogen) atoms. The fourth-order valence-corrected chi connectivity index (χ4v) is 3.74. The lowest BCUT2D eigenvalue weighted by atomic mass is 9.97. The highest BCUT2D eigenvalue weighted by molar-refractivity contribution is 5.72. The Labute approximate surface area is 165 Å². The summed E-state index contributed by atoms with van der Waals surface area (Å²) in [6.45, 7) is 8.19. The number of rotatable bonds is 3. The van der Waals surface area contributed by atoms with Gasteiger partial charge in [0.2, 0.25) is 0 Å². The van der Waals surface area contributed by atoms with E-state index in [0.717, 1.165) is 28.1 Å². The Morgan fingerprint density at radius 3 is 2.79 bits per heavy atom. The predicted molar refractivity (Wildman–Crippen MR) is 111 cm³/mol. The number of phenolic OH excluding ortho intramolecular Hbond substituents is 1. The molecule has 0 fully saturated rings. The lowest BCUT2D eigenvalue weighted by Gasteiger charge is -2.24. The molecule has 1 aliphatic heterocycles. The highest BCUT2D eigenvalue weighted by Gasteiger charge is 2.23. The van der Waals surface area contributed by atoms with Crippen LogP contribution in [-0.2, 0) is 6.54 Å². The van der Waals surface area contributed by atoms with Crippen molar-refractivity contribution in [2.75, 3.05) is 18.1 Å². The normalized spacial score (nSPS) is 13.8. The molecular weight excluding hydrogens is 350 g/mol. The van der Waals surface area contributed by atoms with E-state index >= 15 is 0 Å². The van der Waals surface area contributed by atoms with Gasteiger partial charge in [-0.15, -0.1) is 0 Å². The average Bonchev–Trinajstić information content (AvgIpc) is 2.91. The Balaban J connectivity index is 1.77. The second kappa shape index (κ2) is 7.50. The fraction of sp³-hybridized carbons (Fsp3) is 0.304. The Hall–Kier alpha value is -3.08. The third-order valence-electron chi connectivity index (χ3n) is 5.21. The van der Waals surface area contributed by atoms with Crippen LogP contribution in [-0.4, -0.2) is 28.2 Å². The smallest absolute Gasteiger partial charge is 0.166 e. The van der Waals surface area contributed by atoms with Crippen LogP contribution in [0, 0.1) is 6.92 Å². The second-order valence-electron chi connectivity index (χ2n) is 7.52. The summed E-state index contributed by atoms with van der Waals surface area (Å²) in [7, 11) is 0. The number of ether oxygens (including phenoxy) is 1. The number of hydrogen-bond acceptors (Lipinski definition) is 5. The summed E-state index contributed by atoms with van der Waals surface area (Å²) in [6.07, 6.45) is 3.48. The predicted octanol–water partition coefficient (Wildman–Crippen LogP) is 4.68. The summed E-state index contributed by atoms with van der Waals surface area (Å²) in [4.78, 5) is 11.0. The molecule has 0 saturated carbocycles. The van der Waals surface area contributed by atoms with Gasteiger partial charge < -0.3 is 14.7 Å². The maximum absolute atomic E-state index is 10.6. The van der Waals surface area contributed by atoms with Gasteiger partial charge in [0.15, 0.2) is 11.5 Å². The molecule has 0 amide bonds. The van der Waals surface area contributed by atoms with Crippen LogP contribution in [0.4, 0.5) is 5.82 Å². The quantitative estimate of drug-likeness (QED) is 0.720. The molecule has 0 aliphatic carbocycles. The van der Waals surface area contributed by atoms with E-state index in [0.29, 0.717) is 31.4 Å². The summed E-state index contributed by atoms with van der Waals surface area (Å²) in [5.41, 5.74) is 5.35. The molecule has 0 bridgehead atoms. The van der Waals surface area contributed by atoms with E-state index in [-0.39, 0.29) is 5.75 Å². The molecule has 0 spiro atoms. The third-order valence-corrected chi connectivity index (χ3v) is 5.21. The van der Waals surface area contributed by atoms with Crippen molar-refractivity contribution in [1.29, 1.82) is 0 Å². The van der Waals surface area contributed by atoms with Gasteiger partial charge in [-0.2, -0.15) is 0 Å². The monoisotopic (exact) mass is 375 g/mol. The topological polar surface area (TPSA) is 58.5 Å². The zero-order valence-electron chi connectivity index (χ0n) is 16.5. The van der Waals surface area contributed by atoms with Crippen LogP contribution in [0.1, 0.15) is 36.5 Å². The van der Waals surface area contributed by atoms with Crippen LogP contribution in [0.25, 0.3) is 11.1 Å². The highest BCUT2D eigenvalue weighted by Crippen LogP contribution is 2.39. The van der Waals surface area contributed by atoms with Gasteiger partial charge >= 0.3 is 0 Å². The number of nitrogens with zero attached hydrogens (tertiary/aromatic N) is 3. The first-order valence-corrected chi connectivity index (χ1v) is 9.64. The summed E-state index contributed by atoms with van der Waals surface area (Å²) in [5, 5.41) is 10.6. The van der Waals surface area contributed by atoms with E-state index < -0.39 is 0 Å². The first kappa shape index (κ1) is 18.3. The number of anilines is 1. The standard InChI is InChI=1S/C23H25N3O2/c1-15(2)20-12-24-14-25-23(20)26-8-9-28-22-18(13-26)10-17(11-21(22)27)19-7-5-4-6-16(19)3/h4-7,10-12,14-15,27H,8-9,13H2,1-3H3. The van der Waals surface area contributed by atoms with E-state index in [1.807, 2.05) is 18.3 Å². The van der Waals surface area contributed by atoms with Crippen molar-refractivity contribution >= 4 is 5.82 Å². The summed E-state index contributed by atoms with van der Waals surface area (Å²) >= 11 is 0. The lowest BCUT2D eigenvalue weighted by Crippen LogP contribution is -2.27. The Kier molecular flexibility index (Phi) is 4.90. The van der Waals surface area contributed by atoms with Crippen molar-refractivity contribution in [3.63, 3.8) is 0 Å². The van der Waals surface area contributed by atoms with Gasteiger partial charge in [0.05, 0.1) is 6.54 Å². The van der Waals surface area contributed by atoms with E-state index in [1.54, 1.807) is 12.4 Å². The van der Waals surface area contributed by atoms with Crippen molar-refractivity contribution < 1.29 is 9.84 Å². The van der Waals surface area contributed by atoms with Gasteiger partial charge in [0, 0.05) is 23.9 Å². The van der Waals surface area contributed by atoms with Crippen LogP contribution >= 0.6 is 0 Å². The molecule has 5 heteroatoms. The van der Waals surface area contributed by atoms with Gasteiger partial charge in [-0.25, -0.2) is 9.97 Å². The molecule has 0 saturated heterocycles. The minimum absolute atomic E-state index is 0.185. The lowest BCUT2D eigenvalue weighted by molar-refractivity contribution is 0.311. The van der Waals surface area contributed by atoms with Crippen LogP contribution in [0.3, 0.4) is 0 Å². The maximum atomic E-state index is 10.6. The maximum Gasteiger partial charge on any atom is 0.166 e. The molecule has 4 rings (SSSR count). The second-order valence-corrected chi connectivity index (χ2v) is 7.52. The zero-order chi connectivity index (χ0) is 19.7. The number of aryl methyl sites for hydroxylation is 1. The molecule has 2 aromatic carbocycles. The molecule has 3 aromatic rings. The Bertz CT molecular complexity index is 1000. The largest absolute Gasteiger partial charge is 0.504 e. The Morgan fingerprint density at radius 1 is 1.18 bits per heavy atom. The Morgan fingerprint density at radius 2 is 2.00 bits per heavy atom. The molecule has 1 aromatic heterocycles. The molecule has 5 nitrogen and oxygen atoms in total. The fourth-order valence-electron chi connectivity index (χ4n) is 3.74. The highest BCUT2D eigenvalue weighted by atomic mass is 16.5. The molecule has 1 aliphatic rings. The molecule has 144 valence electrons. The first-order chi connectivity index (χ1) is 13.5. The summed E-state index contributed by atoms with van der Waals surface area (Å²) in [5.74, 6) is 2.01. The zero-order valence-corrected chi connectivity index (χ0v) is 16.5. The number of benzene rings is 2. The number of aromatic nitrogens is 2. The van der Waals surface area contributed by atoms with Crippen LogP contribution < -0.4 is 9.64 Å². The summed E-state index contributed by atoms with van der Waals surface area (Å²) in [6, 6.07) is 12.1. The SMILES string of the molecule is Cc1ccccc1-c1cc(O)c2c(c1)CN(c1ncncc1C(C)C)CCO2. The van der Waals surface area contributed by atoms with E-state index in [4.69, 9.17) is 4.74 Å². The molecule has 2 heterocycles. The van der Waals surface area contributed by atoms with Crippen molar-refractivity contribution in [3.05, 3.63) is 65.6 Å². The summed E-state index contributed by atoms with van der Waals surface area (Å²) < 4.78 is 5.92. The van der Waals surface area contributed by atoms with Crippen molar-refractivity contribution in [3.8, 4) is 22.6 Å². The van der Waals surface area contributed by atoms with Gasteiger partial charge in [0.1, 0.15) is 18.8 Å². The van der Waals surface area contributed by atoms with E-state index in [9.17, 15) is 5.11 Å². The number of phenols is 1. The van der Waals surface area contributed by atoms with Gasteiger partial charge in [-0.3, -0.25) is 0 Å². The minimum atomic E-state index is 0.185. The number of fused-ring (bicyclic) bond motifs is 1. The average molecular weight is 375 g/mol. The van der Waals surface area contributed by atoms with Crippen molar-refractivity contribution in [2.24, 2.45) is 0 Å².